The molecule has 2 rings (SSSR count). The van der Waals surface area contributed by atoms with Gasteiger partial charge in [0.05, 0.1) is 19.2 Å². The maximum absolute atomic E-state index is 5.33. The SMILES string of the molecule is CCNCc1nc(-c2ccc(C)cc2OC)no1. The fraction of sp³-hybridized carbons (Fsp3) is 0.385. The van der Waals surface area contributed by atoms with Gasteiger partial charge in [0.15, 0.2) is 0 Å². The standard InChI is InChI=1S/C13H17N3O2/c1-4-14-8-12-15-13(16-18-12)10-6-5-9(2)7-11(10)17-3/h5-7,14H,4,8H2,1-3H3. The quantitative estimate of drug-likeness (QED) is 0.877. The molecule has 0 saturated carbocycles. The van der Waals surface area contributed by atoms with Crippen LogP contribution >= 0.6 is 0 Å². The summed E-state index contributed by atoms with van der Waals surface area (Å²) in [6, 6.07) is 5.89. The lowest BCUT2D eigenvalue weighted by atomic mass is 10.1. The van der Waals surface area contributed by atoms with Gasteiger partial charge in [-0.3, -0.25) is 0 Å². The molecule has 18 heavy (non-hydrogen) atoms. The summed E-state index contributed by atoms with van der Waals surface area (Å²) in [6.07, 6.45) is 0. The molecule has 0 aliphatic heterocycles. The summed E-state index contributed by atoms with van der Waals surface area (Å²) < 4.78 is 10.5. The molecule has 2 aromatic rings. The van der Waals surface area contributed by atoms with Crippen molar-refractivity contribution in [3.63, 3.8) is 0 Å². The van der Waals surface area contributed by atoms with Gasteiger partial charge in [-0.25, -0.2) is 0 Å². The summed E-state index contributed by atoms with van der Waals surface area (Å²) in [4.78, 5) is 4.34. The molecule has 0 bridgehead atoms. The molecule has 1 N–H and O–H groups in total. The van der Waals surface area contributed by atoms with Gasteiger partial charge in [-0.05, 0) is 31.2 Å². The molecule has 0 fully saturated rings. The zero-order valence-corrected chi connectivity index (χ0v) is 10.9. The van der Waals surface area contributed by atoms with Gasteiger partial charge in [-0.2, -0.15) is 4.98 Å². The van der Waals surface area contributed by atoms with Crippen molar-refractivity contribution in [3.8, 4) is 17.1 Å². The van der Waals surface area contributed by atoms with Crippen LogP contribution in [0.2, 0.25) is 0 Å². The third-order valence-electron chi connectivity index (χ3n) is 2.59. The Kier molecular flexibility index (Phi) is 3.94. The maximum atomic E-state index is 5.33. The van der Waals surface area contributed by atoms with E-state index < -0.39 is 0 Å². The van der Waals surface area contributed by atoms with Crippen molar-refractivity contribution in [2.75, 3.05) is 13.7 Å². The van der Waals surface area contributed by atoms with Crippen molar-refractivity contribution < 1.29 is 9.26 Å². The van der Waals surface area contributed by atoms with E-state index in [1.165, 1.54) is 0 Å². The molecular weight excluding hydrogens is 230 g/mol. The number of benzene rings is 1. The fourth-order valence-corrected chi connectivity index (χ4v) is 1.65. The van der Waals surface area contributed by atoms with Crippen LogP contribution in [0.25, 0.3) is 11.4 Å². The van der Waals surface area contributed by atoms with Gasteiger partial charge >= 0.3 is 0 Å². The summed E-state index contributed by atoms with van der Waals surface area (Å²) in [5.41, 5.74) is 1.97. The topological polar surface area (TPSA) is 60.2 Å². The van der Waals surface area contributed by atoms with Gasteiger partial charge in [0.2, 0.25) is 11.7 Å². The Morgan fingerprint density at radius 3 is 2.94 bits per heavy atom. The second-order valence-electron chi connectivity index (χ2n) is 4.00. The third kappa shape index (κ3) is 2.68. The maximum Gasteiger partial charge on any atom is 0.240 e. The summed E-state index contributed by atoms with van der Waals surface area (Å²) in [5, 5.41) is 7.11. The van der Waals surface area contributed by atoms with E-state index in [1.807, 2.05) is 32.0 Å². The third-order valence-corrected chi connectivity index (χ3v) is 2.59. The zero-order valence-electron chi connectivity index (χ0n) is 10.9. The molecule has 0 atom stereocenters. The number of aryl methyl sites for hydroxylation is 1. The van der Waals surface area contributed by atoms with Crippen molar-refractivity contribution in [2.45, 2.75) is 20.4 Å². The summed E-state index contributed by atoms with van der Waals surface area (Å²) in [6.45, 7) is 5.49. The van der Waals surface area contributed by atoms with E-state index in [1.54, 1.807) is 7.11 Å². The normalized spacial score (nSPS) is 10.6. The molecule has 0 aliphatic carbocycles. The van der Waals surface area contributed by atoms with Crippen LogP contribution in [0.1, 0.15) is 18.4 Å². The minimum absolute atomic E-state index is 0.555. The molecule has 5 heteroatoms. The summed E-state index contributed by atoms with van der Waals surface area (Å²) in [5.74, 6) is 1.89. The lowest BCUT2D eigenvalue weighted by molar-refractivity contribution is 0.369. The van der Waals surface area contributed by atoms with Crippen LogP contribution in [0, 0.1) is 6.92 Å². The number of nitrogens with zero attached hydrogens (tertiary/aromatic N) is 2. The number of rotatable bonds is 5. The van der Waals surface area contributed by atoms with Crippen LogP contribution < -0.4 is 10.1 Å². The Morgan fingerprint density at radius 2 is 2.22 bits per heavy atom. The first-order chi connectivity index (χ1) is 8.74. The first kappa shape index (κ1) is 12.6. The molecule has 0 saturated heterocycles. The first-order valence-corrected chi connectivity index (χ1v) is 5.93. The first-order valence-electron chi connectivity index (χ1n) is 5.93. The Hall–Kier alpha value is -1.88. The fourth-order valence-electron chi connectivity index (χ4n) is 1.65. The van der Waals surface area contributed by atoms with Crippen molar-refractivity contribution in [3.05, 3.63) is 29.7 Å². The number of hydrogen-bond donors (Lipinski definition) is 1. The molecule has 0 amide bonds. The molecular formula is C13H17N3O2. The Morgan fingerprint density at radius 1 is 1.39 bits per heavy atom. The van der Waals surface area contributed by atoms with Gasteiger partial charge in [-0.1, -0.05) is 18.1 Å². The number of hydrogen-bond acceptors (Lipinski definition) is 5. The Balaban J connectivity index is 2.28. The monoisotopic (exact) mass is 247 g/mol. The van der Waals surface area contributed by atoms with Crippen molar-refractivity contribution >= 4 is 0 Å². The summed E-state index contributed by atoms with van der Waals surface area (Å²) in [7, 11) is 1.64. The minimum Gasteiger partial charge on any atom is -0.496 e. The molecule has 0 aliphatic rings. The van der Waals surface area contributed by atoms with Gasteiger partial charge < -0.3 is 14.6 Å². The van der Waals surface area contributed by atoms with E-state index >= 15 is 0 Å². The van der Waals surface area contributed by atoms with Crippen LogP contribution in [0.5, 0.6) is 5.75 Å². The van der Waals surface area contributed by atoms with Crippen LogP contribution in [0.15, 0.2) is 22.7 Å². The molecule has 96 valence electrons. The molecule has 0 unspecified atom stereocenters. The molecule has 0 radical (unpaired) electrons. The highest BCUT2D eigenvalue weighted by Crippen LogP contribution is 2.28. The van der Waals surface area contributed by atoms with Crippen molar-refractivity contribution in [1.82, 2.24) is 15.5 Å². The highest BCUT2D eigenvalue weighted by atomic mass is 16.5. The molecule has 0 spiro atoms. The second kappa shape index (κ2) is 5.64. The van der Waals surface area contributed by atoms with Crippen molar-refractivity contribution in [1.29, 1.82) is 0 Å². The lowest BCUT2D eigenvalue weighted by Gasteiger charge is -2.05. The Bertz CT molecular complexity index is 523. The number of nitrogens with one attached hydrogen (secondary N) is 1. The number of aromatic nitrogens is 2. The lowest BCUT2D eigenvalue weighted by Crippen LogP contribution is -2.11. The summed E-state index contributed by atoms with van der Waals surface area (Å²) >= 11 is 0. The largest absolute Gasteiger partial charge is 0.496 e. The van der Waals surface area contributed by atoms with Gasteiger partial charge in [-0.15, -0.1) is 0 Å². The van der Waals surface area contributed by atoms with E-state index in [4.69, 9.17) is 9.26 Å². The zero-order chi connectivity index (χ0) is 13.0. The molecule has 1 heterocycles. The van der Waals surface area contributed by atoms with E-state index in [9.17, 15) is 0 Å². The number of methoxy groups -OCH3 is 1. The number of ether oxygens (including phenoxy) is 1. The highest BCUT2D eigenvalue weighted by molar-refractivity contribution is 5.64. The van der Waals surface area contributed by atoms with E-state index in [0.29, 0.717) is 18.3 Å². The van der Waals surface area contributed by atoms with E-state index in [0.717, 1.165) is 23.4 Å². The predicted molar refractivity (Wildman–Crippen MR) is 68.4 cm³/mol. The molecule has 1 aromatic heterocycles. The highest BCUT2D eigenvalue weighted by Gasteiger charge is 2.12. The van der Waals surface area contributed by atoms with E-state index in [-0.39, 0.29) is 0 Å². The van der Waals surface area contributed by atoms with Gasteiger partial charge in [0, 0.05) is 0 Å². The molecule has 1 aromatic carbocycles. The van der Waals surface area contributed by atoms with Gasteiger partial charge in [0.1, 0.15) is 5.75 Å². The average Bonchev–Trinajstić information content (AvgIpc) is 2.84. The average molecular weight is 247 g/mol. The second-order valence-corrected chi connectivity index (χ2v) is 4.00. The van der Waals surface area contributed by atoms with Crippen LogP contribution in [-0.2, 0) is 6.54 Å². The van der Waals surface area contributed by atoms with Gasteiger partial charge in [0.25, 0.3) is 0 Å². The van der Waals surface area contributed by atoms with Crippen molar-refractivity contribution in [2.24, 2.45) is 0 Å². The smallest absolute Gasteiger partial charge is 0.240 e. The van der Waals surface area contributed by atoms with E-state index in [2.05, 4.69) is 15.5 Å². The minimum atomic E-state index is 0.555. The molecule has 5 nitrogen and oxygen atoms in total. The predicted octanol–water partition coefficient (Wildman–Crippen LogP) is 2.16. The Labute approximate surface area is 106 Å². The van der Waals surface area contributed by atoms with Crippen LogP contribution in [-0.4, -0.2) is 23.8 Å². The van der Waals surface area contributed by atoms with Crippen LogP contribution in [0.4, 0.5) is 0 Å². The van der Waals surface area contributed by atoms with Crippen LogP contribution in [0.3, 0.4) is 0 Å².